The van der Waals surface area contributed by atoms with E-state index < -0.39 is 36.5 Å². The Hall–Kier alpha value is -0.950. The van der Waals surface area contributed by atoms with Crippen molar-refractivity contribution in [2.75, 3.05) is 13.7 Å². The molecule has 0 bridgehead atoms. The molecular formula is C10H14O6. The normalized spacial score (nSPS) is 39.2. The van der Waals surface area contributed by atoms with E-state index in [1.165, 1.54) is 7.11 Å². The van der Waals surface area contributed by atoms with Crippen molar-refractivity contribution in [3.63, 3.8) is 0 Å². The van der Waals surface area contributed by atoms with Gasteiger partial charge in [-0.3, -0.25) is 0 Å². The van der Waals surface area contributed by atoms with Crippen LogP contribution in [0.1, 0.15) is 0 Å². The first-order valence-electron chi connectivity index (χ1n) is 4.65. The molecule has 4 atom stereocenters. The van der Waals surface area contributed by atoms with Crippen LogP contribution >= 0.6 is 0 Å². The highest BCUT2D eigenvalue weighted by molar-refractivity contribution is 5.82. The zero-order valence-electron chi connectivity index (χ0n) is 8.74. The van der Waals surface area contributed by atoms with Crippen LogP contribution < -0.4 is 0 Å². The summed E-state index contributed by atoms with van der Waals surface area (Å²) in [6.45, 7) is 5.14. The minimum atomic E-state index is -1.71. The van der Waals surface area contributed by atoms with Crippen LogP contribution in [-0.2, 0) is 14.3 Å². The van der Waals surface area contributed by atoms with E-state index in [-0.39, 0.29) is 0 Å². The molecule has 0 aromatic carbocycles. The van der Waals surface area contributed by atoms with Crippen molar-refractivity contribution in [3.05, 3.63) is 19.1 Å². The van der Waals surface area contributed by atoms with Gasteiger partial charge in [-0.05, 0) is 6.08 Å². The van der Waals surface area contributed by atoms with E-state index in [0.717, 1.165) is 12.2 Å². The number of carbonyl (C=O) groups excluding carboxylic acids is 1. The summed E-state index contributed by atoms with van der Waals surface area (Å²) in [6, 6.07) is 0. The van der Waals surface area contributed by atoms with Crippen LogP contribution in [0.4, 0.5) is 0 Å². The molecule has 1 aliphatic rings. The molecule has 6 heteroatoms. The van der Waals surface area contributed by atoms with E-state index in [1.54, 1.807) is 0 Å². The summed E-state index contributed by atoms with van der Waals surface area (Å²) in [5.74, 6) is -0.664. The number of hydrogen-bond acceptors (Lipinski definition) is 6. The van der Waals surface area contributed by atoms with Crippen LogP contribution in [0.2, 0.25) is 0 Å². The summed E-state index contributed by atoms with van der Waals surface area (Å²) < 4.78 is 9.39. The molecule has 1 saturated heterocycles. The molecule has 0 amide bonds. The van der Waals surface area contributed by atoms with Crippen molar-refractivity contribution in [1.29, 1.82) is 0 Å². The molecule has 3 N–H and O–H groups in total. The Morgan fingerprint density at radius 2 is 2.25 bits per heavy atom. The van der Waals surface area contributed by atoms with Crippen LogP contribution in [0.25, 0.3) is 0 Å². The van der Waals surface area contributed by atoms with Crippen LogP contribution in [-0.4, -0.2) is 58.9 Å². The van der Waals surface area contributed by atoms with Gasteiger partial charge in [0.1, 0.15) is 23.9 Å². The van der Waals surface area contributed by atoms with Crippen molar-refractivity contribution >= 4 is 5.97 Å². The number of rotatable bonds is 3. The van der Waals surface area contributed by atoms with Gasteiger partial charge < -0.3 is 24.8 Å². The average molecular weight is 230 g/mol. The molecule has 90 valence electrons. The third-order valence-electron chi connectivity index (χ3n) is 2.38. The average Bonchev–Trinajstić information content (AvgIpc) is 2.51. The number of esters is 1. The lowest BCUT2D eigenvalue weighted by Gasteiger charge is -2.22. The minimum Gasteiger partial charge on any atom is -0.466 e. The number of methoxy groups -OCH3 is 1. The molecular weight excluding hydrogens is 216 g/mol. The summed E-state index contributed by atoms with van der Waals surface area (Å²) in [5.41, 5.74) is -1.71. The molecule has 1 heterocycles. The van der Waals surface area contributed by atoms with E-state index in [9.17, 15) is 15.0 Å². The first kappa shape index (κ1) is 13.1. The van der Waals surface area contributed by atoms with Crippen molar-refractivity contribution in [2.24, 2.45) is 0 Å². The van der Waals surface area contributed by atoms with Gasteiger partial charge in [-0.1, -0.05) is 0 Å². The van der Waals surface area contributed by atoms with E-state index >= 15 is 0 Å². The smallest absolute Gasteiger partial charge is 0.330 e. The number of carbonyl (C=O) groups is 1. The lowest BCUT2D eigenvalue weighted by Crippen LogP contribution is -2.39. The molecule has 1 rings (SSSR count). The Bertz CT molecular complexity index is 289. The maximum atomic E-state index is 10.8. The van der Waals surface area contributed by atoms with Crippen LogP contribution in [0.5, 0.6) is 0 Å². The SMILES string of the molecule is [CH]C1(/C=C\C(=O)OC)O[C@H](CO)[C@H](O)C1O. The zero-order valence-corrected chi connectivity index (χ0v) is 8.74. The van der Waals surface area contributed by atoms with Gasteiger partial charge in [-0.15, -0.1) is 0 Å². The number of ether oxygens (including phenoxy) is 2. The number of aliphatic hydroxyl groups excluding tert-OH is 3. The highest BCUT2D eigenvalue weighted by atomic mass is 16.6. The second-order valence-corrected chi connectivity index (χ2v) is 3.48. The highest BCUT2D eigenvalue weighted by Crippen LogP contribution is 2.31. The number of aliphatic hydroxyl groups is 3. The first-order chi connectivity index (χ1) is 7.44. The summed E-state index contributed by atoms with van der Waals surface area (Å²) in [5, 5.41) is 27.9. The molecule has 6 nitrogen and oxygen atoms in total. The number of hydrogen-bond donors (Lipinski definition) is 3. The van der Waals surface area contributed by atoms with Crippen LogP contribution in [0.15, 0.2) is 12.2 Å². The van der Waals surface area contributed by atoms with Crippen molar-refractivity contribution in [3.8, 4) is 0 Å². The molecule has 2 radical (unpaired) electrons. The van der Waals surface area contributed by atoms with Crippen molar-refractivity contribution in [2.45, 2.75) is 23.9 Å². The lowest BCUT2D eigenvalue weighted by molar-refractivity contribution is -0.135. The lowest BCUT2D eigenvalue weighted by atomic mass is 9.96. The fourth-order valence-corrected chi connectivity index (χ4v) is 1.42. The fraction of sp³-hybridized carbons (Fsp3) is 0.600. The van der Waals surface area contributed by atoms with Gasteiger partial charge in [0.2, 0.25) is 0 Å². The van der Waals surface area contributed by atoms with Gasteiger partial charge in [0.05, 0.1) is 13.7 Å². The summed E-state index contributed by atoms with van der Waals surface area (Å²) >= 11 is 0. The molecule has 16 heavy (non-hydrogen) atoms. The van der Waals surface area contributed by atoms with Crippen molar-refractivity contribution < 1.29 is 29.6 Å². The predicted octanol–water partition coefficient (Wildman–Crippen LogP) is -1.72. The molecule has 2 unspecified atom stereocenters. The second kappa shape index (κ2) is 4.92. The molecule has 0 aromatic heterocycles. The van der Waals surface area contributed by atoms with Gasteiger partial charge in [-0.2, -0.15) is 0 Å². The topological polar surface area (TPSA) is 96.2 Å². The molecule has 1 fully saturated rings. The van der Waals surface area contributed by atoms with E-state index in [1.807, 2.05) is 0 Å². The van der Waals surface area contributed by atoms with Crippen molar-refractivity contribution in [1.82, 2.24) is 0 Å². The van der Waals surface area contributed by atoms with Gasteiger partial charge >= 0.3 is 5.97 Å². The molecule has 1 aliphatic heterocycles. The van der Waals surface area contributed by atoms with Gasteiger partial charge in [0.25, 0.3) is 0 Å². The van der Waals surface area contributed by atoms with Gasteiger partial charge in [0.15, 0.2) is 0 Å². The quantitative estimate of drug-likeness (QED) is 0.394. The minimum absolute atomic E-state index is 0.483. The predicted molar refractivity (Wildman–Crippen MR) is 52.2 cm³/mol. The first-order valence-corrected chi connectivity index (χ1v) is 4.65. The largest absolute Gasteiger partial charge is 0.466 e. The van der Waals surface area contributed by atoms with Crippen LogP contribution in [0, 0.1) is 6.92 Å². The summed E-state index contributed by atoms with van der Waals surface area (Å²) in [6.07, 6.45) is -1.65. The molecule has 0 saturated carbocycles. The standard InChI is InChI=1S/C10H14O6/c1-10(4-3-7(12)15-2)9(14)8(13)6(5-11)16-10/h1,3-4,6,8-9,11,13-14H,5H2,2H3/b4-3-/t6-,8+,9?,10?/m1/s1. The Kier molecular flexibility index (Phi) is 4.03. The van der Waals surface area contributed by atoms with Crippen LogP contribution in [0.3, 0.4) is 0 Å². The third kappa shape index (κ3) is 2.41. The maximum Gasteiger partial charge on any atom is 0.330 e. The fourth-order valence-electron chi connectivity index (χ4n) is 1.42. The highest BCUT2D eigenvalue weighted by Gasteiger charge is 2.49. The second-order valence-electron chi connectivity index (χ2n) is 3.48. The summed E-state index contributed by atoms with van der Waals surface area (Å²) in [4.78, 5) is 10.8. The summed E-state index contributed by atoms with van der Waals surface area (Å²) in [7, 11) is 1.19. The van der Waals surface area contributed by atoms with E-state index in [0.29, 0.717) is 0 Å². The van der Waals surface area contributed by atoms with E-state index in [2.05, 4.69) is 4.74 Å². The Morgan fingerprint density at radius 3 is 2.69 bits per heavy atom. The maximum absolute atomic E-state index is 10.8. The third-order valence-corrected chi connectivity index (χ3v) is 2.38. The molecule has 0 spiro atoms. The van der Waals surface area contributed by atoms with Gasteiger partial charge in [-0.25, -0.2) is 4.79 Å². The Balaban J connectivity index is 2.78. The Labute approximate surface area is 93.1 Å². The van der Waals surface area contributed by atoms with Gasteiger partial charge in [0, 0.05) is 13.0 Å². The Morgan fingerprint density at radius 1 is 1.62 bits per heavy atom. The zero-order chi connectivity index (χ0) is 12.3. The van der Waals surface area contributed by atoms with E-state index in [4.69, 9.17) is 16.8 Å². The monoisotopic (exact) mass is 230 g/mol. The molecule has 0 aliphatic carbocycles. The molecule has 0 aromatic rings.